The normalized spacial score (nSPS) is 12.3. The molecule has 0 aromatic rings. The topological polar surface area (TPSA) is 75.2 Å². The maximum absolute atomic E-state index is 9.26. The van der Waals surface area contributed by atoms with Gasteiger partial charge in [-0.3, -0.25) is 0 Å². The quantitative estimate of drug-likeness (QED) is 0.278. The summed E-state index contributed by atoms with van der Waals surface area (Å²) in [5.74, 6) is 1.09. The standard InChI is InChI=1S/C12H29NO2S2Si.H2O/c1-11(2)13(12(3)4)17-16-7-6-8-18(5,9-14)10-15;/h11-12,14-15H,6-10H2,1-5H3;1H2. The lowest BCUT2D eigenvalue weighted by Crippen LogP contribution is -2.40. The van der Waals surface area contributed by atoms with Crippen LogP contribution in [-0.2, 0) is 0 Å². The van der Waals surface area contributed by atoms with Crippen LogP contribution in [0.15, 0.2) is 0 Å². The average molecular weight is 330 g/mol. The average Bonchev–Trinajstić information content (AvgIpc) is 2.32. The third-order valence-electron chi connectivity index (χ3n) is 2.93. The second-order valence-electron chi connectivity index (χ2n) is 5.67. The molecule has 19 heavy (non-hydrogen) atoms. The molecule has 0 saturated carbocycles. The summed E-state index contributed by atoms with van der Waals surface area (Å²) in [4.78, 5) is 0. The molecule has 4 nitrogen and oxygen atoms in total. The summed E-state index contributed by atoms with van der Waals surface area (Å²) in [7, 11) is 1.98. The summed E-state index contributed by atoms with van der Waals surface area (Å²) in [6, 6.07) is 2.12. The van der Waals surface area contributed by atoms with Crippen molar-refractivity contribution in [1.82, 2.24) is 4.31 Å². The lowest BCUT2D eigenvalue weighted by Gasteiger charge is -2.28. The molecule has 0 fully saturated rings. The van der Waals surface area contributed by atoms with Gasteiger partial charge in [-0.1, -0.05) is 23.4 Å². The van der Waals surface area contributed by atoms with Crippen LogP contribution in [0.25, 0.3) is 0 Å². The van der Waals surface area contributed by atoms with E-state index in [0.717, 1.165) is 18.2 Å². The largest absolute Gasteiger partial charge is 0.412 e. The first-order valence-electron chi connectivity index (χ1n) is 6.66. The van der Waals surface area contributed by atoms with Gasteiger partial charge in [-0.25, -0.2) is 4.31 Å². The first-order chi connectivity index (χ1) is 8.36. The molecular weight excluding hydrogens is 298 g/mol. The maximum atomic E-state index is 9.26. The molecule has 7 heteroatoms. The maximum Gasteiger partial charge on any atom is 0.109 e. The molecule has 0 saturated heterocycles. The fraction of sp³-hybridized carbons (Fsp3) is 1.00. The second kappa shape index (κ2) is 11.4. The molecule has 0 aliphatic heterocycles. The Morgan fingerprint density at radius 3 is 1.89 bits per heavy atom. The van der Waals surface area contributed by atoms with Crippen molar-refractivity contribution in [3.63, 3.8) is 0 Å². The summed E-state index contributed by atoms with van der Waals surface area (Å²) in [6.07, 6.45) is 1.49. The number of aliphatic hydroxyl groups is 2. The molecule has 0 heterocycles. The van der Waals surface area contributed by atoms with Gasteiger partial charge < -0.3 is 15.7 Å². The highest BCUT2D eigenvalue weighted by Crippen LogP contribution is 2.31. The van der Waals surface area contributed by atoms with Gasteiger partial charge in [0.2, 0.25) is 0 Å². The summed E-state index contributed by atoms with van der Waals surface area (Å²) in [5.41, 5.74) is 0. The minimum atomic E-state index is -1.74. The van der Waals surface area contributed by atoms with Gasteiger partial charge >= 0.3 is 0 Å². The van der Waals surface area contributed by atoms with E-state index in [9.17, 15) is 10.2 Å². The van der Waals surface area contributed by atoms with E-state index in [4.69, 9.17) is 0 Å². The zero-order valence-electron chi connectivity index (χ0n) is 12.8. The molecular formula is C12H31NO3S2Si. The van der Waals surface area contributed by atoms with Crippen molar-refractivity contribution in [3.05, 3.63) is 0 Å². The Hall–Kier alpha value is 0.757. The molecule has 0 aliphatic carbocycles. The van der Waals surface area contributed by atoms with E-state index in [1.54, 1.807) is 0 Å². The molecule has 0 aliphatic rings. The lowest BCUT2D eigenvalue weighted by molar-refractivity contribution is 0.320. The summed E-state index contributed by atoms with van der Waals surface area (Å²) < 4.78 is 2.40. The minimum absolute atomic E-state index is 0. The first kappa shape index (κ1) is 22.0. The molecule has 0 unspecified atom stereocenters. The van der Waals surface area contributed by atoms with E-state index in [1.165, 1.54) is 0 Å². The van der Waals surface area contributed by atoms with Gasteiger partial charge in [0.25, 0.3) is 0 Å². The van der Waals surface area contributed by atoms with Crippen LogP contribution >= 0.6 is 21.8 Å². The van der Waals surface area contributed by atoms with Crippen molar-refractivity contribution < 1.29 is 15.7 Å². The van der Waals surface area contributed by atoms with Crippen LogP contribution < -0.4 is 0 Å². The predicted molar refractivity (Wildman–Crippen MR) is 91.0 cm³/mol. The van der Waals surface area contributed by atoms with E-state index >= 15 is 0 Å². The second-order valence-corrected chi connectivity index (χ2v) is 12.8. The Labute approximate surface area is 127 Å². The van der Waals surface area contributed by atoms with Gasteiger partial charge in [0.15, 0.2) is 0 Å². The third kappa shape index (κ3) is 9.33. The third-order valence-corrected chi connectivity index (χ3v) is 8.92. The summed E-state index contributed by atoms with van der Waals surface area (Å²) >= 11 is 0. The van der Waals surface area contributed by atoms with Crippen LogP contribution in [-0.4, -0.2) is 58.4 Å². The molecule has 0 bridgehead atoms. The van der Waals surface area contributed by atoms with Gasteiger partial charge in [0.1, 0.15) is 8.07 Å². The molecule has 0 amide bonds. The van der Waals surface area contributed by atoms with Crippen LogP contribution in [0.2, 0.25) is 12.6 Å². The minimum Gasteiger partial charge on any atom is -0.412 e. The zero-order chi connectivity index (χ0) is 14.2. The van der Waals surface area contributed by atoms with E-state index in [1.807, 2.05) is 21.8 Å². The van der Waals surface area contributed by atoms with Gasteiger partial charge in [-0.15, -0.1) is 0 Å². The van der Waals surface area contributed by atoms with Crippen LogP contribution in [0.4, 0.5) is 0 Å². The zero-order valence-corrected chi connectivity index (χ0v) is 15.5. The van der Waals surface area contributed by atoms with Crippen molar-refractivity contribution in [2.24, 2.45) is 0 Å². The molecule has 0 aromatic heterocycles. The van der Waals surface area contributed by atoms with Gasteiger partial charge in [0.05, 0.1) is 0 Å². The Kier molecular flexibility index (Phi) is 13.3. The number of hydrogen-bond donors (Lipinski definition) is 2. The smallest absolute Gasteiger partial charge is 0.109 e. The van der Waals surface area contributed by atoms with E-state index in [0.29, 0.717) is 12.1 Å². The summed E-state index contributed by atoms with van der Waals surface area (Å²) in [5, 5.41) is 18.5. The Morgan fingerprint density at radius 1 is 1.05 bits per heavy atom. The van der Waals surface area contributed by atoms with Crippen molar-refractivity contribution in [2.45, 2.75) is 58.8 Å². The molecule has 0 rings (SSSR count). The monoisotopic (exact) mass is 329 g/mol. The fourth-order valence-corrected chi connectivity index (χ4v) is 6.11. The number of rotatable bonds is 10. The SMILES string of the molecule is CC(C)N(SSCCC[Si](C)(CO)CO)C(C)C.O. The molecule has 118 valence electrons. The van der Waals surface area contributed by atoms with Crippen molar-refractivity contribution in [1.29, 1.82) is 0 Å². The highest BCUT2D eigenvalue weighted by atomic mass is 33.1. The first-order valence-corrected chi connectivity index (χ1v) is 12.1. The van der Waals surface area contributed by atoms with Crippen LogP contribution in [0.1, 0.15) is 34.1 Å². The molecule has 0 radical (unpaired) electrons. The molecule has 0 atom stereocenters. The highest BCUT2D eigenvalue weighted by Gasteiger charge is 2.24. The number of nitrogens with zero attached hydrogens (tertiary/aromatic N) is 1. The van der Waals surface area contributed by atoms with E-state index in [-0.39, 0.29) is 17.9 Å². The molecule has 4 N–H and O–H groups in total. The van der Waals surface area contributed by atoms with E-state index in [2.05, 4.69) is 38.5 Å². The molecule has 0 spiro atoms. The van der Waals surface area contributed by atoms with Crippen LogP contribution in [0, 0.1) is 0 Å². The lowest BCUT2D eigenvalue weighted by atomic mass is 10.3. The number of aliphatic hydroxyl groups excluding tert-OH is 2. The van der Waals surface area contributed by atoms with Crippen molar-refractivity contribution >= 4 is 29.8 Å². The fourth-order valence-electron chi connectivity index (χ4n) is 1.63. The van der Waals surface area contributed by atoms with E-state index < -0.39 is 8.07 Å². The van der Waals surface area contributed by atoms with Gasteiger partial charge in [-0.2, -0.15) is 0 Å². The highest BCUT2D eigenvalue weighted by molar-refractivity contribution is 8.75. The van der Waals surface area contributed by atoms with Crippen LogP contribution in [0.3, 0.4) is 0 Å². The number of hydrogen-bond acceptors (Lipinski definition) is 5. The molecule has 0 aromatic carbocycles. The summed E-state index contributed by atoms with van der Waals surface area (Å²) in [6.45, 7) is 10.9. The Morgan fingerprint density at radius 2 is 1.53 bits per heavy atom. The van der Waals surface area contributed by atoms with Crippen molar-refractivity contribution in [3.8, 4) is 0 Å². The van der Waals surface area contributed by atoms with Crippen LogP contribution in [0.5, 0.6) is 0 Å². The van der Waals surface area contributed by atoms with Gasteiger partial charge in [0, 0.05) is 30.3 Å². The Bertz CT molecular complexity index is 209. The Balaban J connectivity index is 0. The van der Waals surface area contributed by atoms with Gasteiger partial charge in [-0.05, 0) is 45.1 Å². The van der Waals surface area contributed by atoms with Crippen molar-refractivity contribution in [2.75, 3.05) is 18.2 Å². The predicted octanol–water partition coefficient (Wildman–Crippen LogP) is 2.11.